The Morgan fingerprint density at radius 1 is 0.795 bits per heavy atom. The summed E-state index contributed by atoms with van der Waals surface area (Å²) in [5, 5.41) is 53.6. The molecule has 0 aromatic carbocycles. The van der Waals surface area contributed by atoms with E-state index in [1.54, 1.807) is 0 Å². The van der Waals surface area contributed by atoms with Gasteiger partial charge in [-0.05, 0) is 44.9 Å². The first kappa shape index (κ1) is 40.4. The fourth-order valence-corrected chi connectivity index (χ4v) is 5.17. The van der Waals surface area contributed by atoms with Crippen LogP contribution < -0.4 is 5.32 Å². The molecule has 1 rings (SSSR count). The van der Waals surface area contributed by atoms with Crippen LogP contribution in [0.5, 0.6) is 0 Å². The SMILES string of the molecule is CC/C=C\C/C=C\C/C=C\CCCCCCCC(=O)NC(COC1OC(CO)C(O)C(O)C1O)C(O)CCCCCCCC. The van der Waals surface area contributed by atoms with Crippen LogP contribution in [0.3, 0.4) is 0 Å². The van der Waals surface area contributed by atoms with E-state index in [4.69, 9.17) is 9.47 Å². The van der Waals surface area contributed by atoms with Crippen LogP contribution in [-0.2, 0) is 14.3 Å². The van der Waals surface area contributed by atoms with Crippen LogP contribution in [0.2, 0.25) is 0 Å². The van der Waals surface area contributed by atoms with Gasteiger partial charge in [-0.1, -0.05) is 108 Å². The molecule has 0 aromatic rings. The highest BCUT2D eigenvalue weighted by molar-refractivity contribution is 5.76. The second kappa shape index (κ2) is 26.6. The van der Waals surface area contributed by atoms with Crippen molar-refractivity contribution >= 4 is 5.91 Å². The van der Waals surface area contributed by atoms with Crippen molar-refractivity contribution in [1.82, 2.24) is 5.32 Å². The molecule has 1 saturated heterocycles. The predicted octanol–water partition coefficient (Wildman–Crippen LogP) is 4.99. The Labute approximate surface area is 266 Å². The first-order valence-corrected chi connectivity index (χ1v) is 17.2. The molecule has 0 bridgehead atoms. The second-order valence-electron chi connectivity index (χ2n) is 11.9. The van der Waals surface area contributed by atoms with Gasteiger partial charge in [0.1, 0.15) is 24.4 Å². The van der Waals surface area contributed by atoms with Crippen molar-refractivity contribution < 1.29 is 39.8 Å². The van der Waals surface area contributed by atoms with Gasteiger partial charge in [0.05, 0.1) is 25.4 Å². The molecule has 1 aliphatic rings. The van der Waals surface area contributed by atoms with E-state index in [1.165, 1.54) is 19.3 Å². The first-order chi connectivity index (χ1) is 21.3. The molecule has 0 aliphatic carbocycles. The summed E-state index contributed by atoms with van der Waals surface area (Å²) < 4.78 is 11.1. The van der Waals surface area contributed by atoms with Crippen LogP contribution in [0.1, 0.15) is 123 Å². The highest BCUT2D eigenvalue weighted by atomic mass is 16.7. The predicted molar refractivity (Wildman–Crippen MR) is 175 cm³/mol. The Bertz CT molecular complexity index is 787. The quantitative estimate of drug-likeness (QED) is 0.0582. The molecule has 7 atom stereocenters. The molecule has 0 radical (unpaired) electrons. The number of allylic oxidation sites excluding steroid dienone is 6. The zero-order valence-corrected chi connectivity index (χ0v) is 27.4. The third kappa shape index (κ3) is 18.4. The smallest absolute Gasteiger partial charge is 0.220 e. The average molecular weight is 626 g/mol. The lowest BCUT2D eigenvalue weighted by molar-refractivity contribution is -0.302. The zero-order valence-electron chi connectivity index (χ0n) is 27.4. The molecule has 44 heavy (non-hydrogen) atoms. The summed E-state index contributed by atoms with van der Waals surface area (Å²) in [6.45, 7) is 3.60. The second-order valence-corrected chi connectivity index (χ2v) is 11.9. The number of hydrogen-bond acceptors (Lipinski definition) is 8. The minimum Gasteiger partial charge on any atom is -0.394 e. The Morgan fingerprint density at radius 2 is 1.41 bits per heavy atom. The lowest BCUT2D eigenvalue weighted by Crippen LogP contribution is -2.60. The van der Waals surface area contributed by atoms with Crippen LogP contribution in [-0.4, -0.2) is 87.5 Å². The molecule has 0 saturated carbocycles. The molecule has 1 amide bonds. The maximum absolute atomic E-state index is 12.8. The molecule has 6 N–H and O–H groups in total. The van der Waals surface area contributed by atoms with Gasteiger partial charge in [0, 0.05) is 6.42 Å². The number of nitrogens with one attached hydrogen (secondary N) is 1. The summed E-state index contributed by atoms with van der Waals surface area (Å²) in [5.74, 6) is -0.171. The highest BCUT2D eigenvalue weighted by Gasteiger charge is 2.44. The van der Waals surface area contributed by atoms with Crippen LogP contribution >= 0.6 is 0 Å². The third-order valence-electron chi connectivity index (χ3n) is 8.01. The van der Waals surface area contributed by atoms with Crippen LogP contribution in [0.15, 0.2) is 36.5 Å². The summed E-state index contributed by atoms with van der Waals surface area (Å²) in [6, 6.07) is -0.722. The molecule has 1 fully saturated rings. The topological polar surface area (TPSA) is 149 Å². The van der Waals surface area contributed by atoms with Crippen LogP contribution in [0.4, 0.5) is 0 Å². The van der Waals surface area contributed by atoms with Crippen LogP contribution in [0, 0.1) is 0 Å². The van der Waals surface area contributed by atoms with Gasteiger partial charge < -0.3 is 40.3 Å². The van der Waals surface area contributed by atoms with Crippen LogP contribution in [0.25, 0.3) is 0 Å². The lowest BCUT2D eigenvalue weighted by atomic mass is 9.99. The number of carbonyl (C=O) groups is 1. The van der Waals surface area contributed by atoms with Crippen molar-refractivity contribution in [2.75, 3.05) is 13.2 Å². The van der Waals surface area contributed by atoms with Crippen molar-refractivity contribution in [3.8, 4) is 0 Å². The first-order valence-electron chi connectivity index (χ1n) is 17.2. The average Bonchev–Trinajstić information content (AvgIpc) is 3.02. The number of carbonyl (C=O) groups excluding carboxylic acids is 1. The van der Waals surface area contributed by atoms with Crippen molar-refractivity contribution in [2.45, 2.75) is 166 Å². The molecule has 256 valence electrons. The Morgan fingerprint density at radius 3 is 2.09 bits per heavy atom. The number of aliphatic hydroxyl groups excluding tert-OH is 5. The van der Waals surface area contributed by atoms with Gasteiger partial charge in [-0.25, -0.2) is 0 Å². The van der Waals surface area contributed by atoms with E-state index in [2.05, 4.69) is 55.6 Å². The third-order valence-corrected chi connectivity index (χ3v) is 8.01. The number of aliphatic hydroxyl groups is 5. The minimum absolute atomic E-state index is 0.148. The number of ether oxygens (including phenoxy) is 2. The Balaban J connectivity index is 2.42. The number of unbranched alkanes of at least 4 members (excludes halogenated alkanes) is 10. The van der Waals surface area contributed by atoms with Gasteiger partial charge in [-0.15, -0.1) is 0 Å². The highest BCUT2D eigenvalue weighted by Crippen LogP contribution is 2.22. The van der Waals surface area contributed by atoms with Gasteiger partial charge in [0.2, 0.25) is 5.91 Å². The molecule has 1 aliphatic heterocycles. The monoisotopic (exact) mass is 625 g/mol. The molecule has 7 unspecified atom stereocenters. The lowest BCUT2D eigenvalue weighted by Gasteiger charge is -2.40. The van der Waals surface area contributed by atoms with E-state index in [0.717, 1.165) is 77.0 Å². The van der Waals surface area contributed by atoms with E-state index < -0.39 is 49.5 Å². The summed E-state index contributed by atoms with van der Waals surface area (Å²) in [6.07, 6.45) is 21.8. The largest absolute Gasteiger partial charge is 0.394 e. The van der Waals surface area contributed by atoms with E-state index in [-0.39, 0.29) is 12.5 Å². The van der Waals surface area contributed by atoms with Crippen molar-refractivity contribution in [3.05, 3.63) is 36.5 Å². The molecular weight excluding hydrogens is 562 g/mol. The van der Waals surface area contributed by atoms with E-state index in [9.17, 15) is 30.3 Å². The van der Waals surface area contributed by atoms with Crippen molar-refractivity contribution in [3.63, 3.8) is 0 Å². The number of amides is 1. The van der Waals surface area contributed by atoms with Gasteiger partial charge >= 0.3 is 0 Å². The summed E-state index contributed by atoms with van der Waals surface area (Å²) in [7, 11) is 0. The fourth-order valence-electron chi connectivity index (χ4n) is 5.17. The summed E-state index contributed by atoms with van der Waals surface area (Å²) in [5.41, 5.74) is 0. The van der Waals surface area contributed by atoms with Gasteiger partial charge in [-0.3, -0.25) is 4.79 Å². The van der Waals surface area contributed by atoms with Crippen molar-refractivity contribution in [1.29, 1.82) is 0 Å². The van der Waals surface area contributed by atoms with E-state index in [1.807, 2.05) is 0 Å². The van der Waals surface area contributed by atoms with Crippen molar-refractivity contribution in [2.24, 2.45) is 0 Å². The standard InChI is InChI=1S/C35H63NO8/c1-3-5-7-9-11-12-13-14-15-16-17-18-19-21-23-25-31(39)36-28(29(38)24-22-20-10-8-6-4-2)27-43-35-34(42)33(41)32(40)30(26-37)44-35/h5,7,11-12,14-15,28-30,32-35,37-38,40-42H,3-4,6,8-10,13,16-27H2,1-2H3,(H,36,39)/b7-5-,12-11-,15-14-. The maximum atomic E-state index is 12.8. The molecule has 1 heterocycles. The zero-order chi connectivity index (χ0) is 32.4. The summed E-state index contributed by atoms with van der Waals surface area (Å²) >= 11 is 0. The molecule has 9 heteroatoms. The van der Waals surface area contributed by atoms with Gasteiger partial charge in [0.15, 0.2) is 6.29 Å². The molecule has 0 aromatic heterocycles. The van der Waals surface area contributed by atoms with E-state index >= 15 is 0 Å². The normalized spacial score (nSPS) is 24.0. The Hall–Kier alpha value is -1.59. The molecule has 9 nitrogen and oxygen atoms in total. The Kier molecular flexibility index (Phi) is 24.5. The number of rotatable bonds is 26. The minimum atomic E-state index is -1.55. The maximum Gasteiger partial charge on any atom is 0.220 e. The summed E-state index contributed by atoms with van der Waals surface area (Å²) in [4.78, 5) is 12.8. The van der Waals surface area contributed by atoms with E-state index in [0.29, 0.717) is 12.8 Å². The van der Waals surface area contributed by atoms with Gasteiger partial charge in [-0.2, -0.15) is 0 Å². The van der Waals surface area contributed by atoms with Gasteiger partial charge in [0.25, 0.3) is 0 Å². The molecular formula is C35H63NO8. The number of hydrogen-bond donors (Lipinski definition) is 6. The molecule has 0 spiro atoms. The fraction of sp³-hybridized carbons (Fsp3) is 0.800.